The molecule has 11 atom stereocenters. The fourth-order valence-corrected chi connectivity index (χ4v) is 13.9. The third kappa shape index (κ3) is 8.36. The average Bonchev–Trinajstić information content (AvgIpc) is 3.69. The molecule has 290 valence electrons. The minimum absolute atomic E-state index is 0.0771. The van der Waals surface area contributed by atoms with Crippen molar-refractivity contribution in [2.24, 2.45) is 57.2 Å². The van der Waals surface area contributed by atoms with Crippen LogP contribution in [0.3, 0.4) is 0 Å². The zero-order valence-electron chi connectivity index (χ0n) is 34.8. The second kappa shape index (κ2) is 17.9. The van der Waals surface area contributed by atoms with Crippen molar-refractivity contribution in [3.8, 4) is 0 Å². The summed E-state index contributed by atoms with van der Waals surface area (Å²) in [5.41, 5.74) is 3.50. The van der Waals surface area contributed by atoms with E-state index < -0.39 is 0 Å². The van der Waals surface area contributed by atoms with Crippen molar-refractivity contribution >= 4 is 5.97 Å². The number of esters is 1. The predicted octanol–water partition coefficient (Wildman–Crippen LogP) is 14.8. The van der Waals surface area contributed by atoms with Crippen LogP contribution in [0.1, 0.15) is 203 Å². The van der Waals surface area contributed by atoms with Crippen molar-refractivity contribution in [1.29, 1.82) is 0 Å². The normalized spacial score (nSPS) is 38.1. The van der Waals surface area contributed by atoms with Crippen molar-refractivity contribution in [3.05, 3.63) is 36.5 Å². The van der Waals surface area contributed by atoms with Crippen LogP contribution >= 0.6 is 0 Å². The Morgan fingerprint density at radius 3 is 2.22 bits per heavy atom. The van der Waals surface area contributed by atoms with Gasteiger partial charge in [0.2, 0.25) is 0 Å². The Kier molecular flexibility index (Phi) is 14.3. The van der Waals surface area contributed by atoms with E-state index in [9.17, 15) is 4.79 Å². The van der Waals surface area contributed by atoms with E-state index in [0.717, 1.165) is 49.4 Å². The average molecular weight is 703 g/mol. The smallest absolute Gasteiger partial charge is 0.306 e. The highest BCUT2D eigenvalue weighted by molar-refractivity contribution is 5.69. The maximum Gasteiger partial charge on any atom is 0.306 e. The maximum absolute atomic E-state index is 13.0. The predicted molar refractivity (Wildman–Crippen MR) is 218 cm³/mol. The van der Waals surface area contributed by atoms with Gasteiger partial charge in [0.05, 0.1) is 0 Å². The van der Waals surface area contributed by atoms with Crippen LogP contribution in [0.15, 0.2) is 36.5 Å². The van der Waals surface area contributed by atoms with E-state index in [1.807, 2.05) is 0 Å². The Hall–Kier alpha value is -1.31. The number of rotatable bonds is 21. The van der Waals surface area contributed by atoms with Gasteiger partial charge < -0.3 is 4.74 Å². The molecular formula is C49H82O2. The number of carbonyl (C=O) groups is 1. The molecule has 5 rings (SSSR count). The Morgan fingerprint density at radius 1 is 0.804 bits per heavy atom. The topological polar surface area (TPSA) is 26.3 Å². The van der Waals surface area contributed by atoms with Crippen molar-refractivity contribution < 1.29 is 9.53 Å². The van der Waals surface area contributed by atoms with Crippen molar-refractivity contribution in [2.45, 2.75) is 209 Å². The van der Waals surface area contributed by atoms with Crippen molar-refractivity contribution in [3.63, 3.8) is 0 Å². The first kappa shape index (κ1) is 40.9. The molecule has 0 bridgehead atoms. The number of allylic oxidation sites excluding steroid dienone is 5. The lowest BCUT2D eigenvalue weighted by Gasteiger charge is -2.62. The first-order valence-electron chi connectivity index (χ1n) is 22.6. The second-order valence-corrected chi connectivity index (χ2v) is 19.6. The van der Waals surface area contributed by atoms with Crippen LogP contribution in [-0.4, -0.2) is 12.1 Å². The van der Waals surface area contributed by atoms with Gasteiger partial charge in [-0.1, -0.05) is 110 Å². The SMILES string of the molecule is C=C(C)C(CC)CCC(C)C1CCC2(C)C3CCC4C(C)C(OC(=O)CCCCCCCC=CCC=CCCCCC)CCC45CC35CCC12C. The number of fused-ring (bicyclic) bond motifs is 2. The molecule has 5 aliphatic carbocycles. The van der Waals surface area contributed by atoms with Crippen LogP contribution in [0.25, 0.3) is 0 Å². The van der Waals surface area contributed by atoms with E-state index in [4.69, 9.17) is 4.74 Å². The minimum Gasteiger partial charge on any atom is -0.462 e. The summed E-state index contributed by atoms with van der Waals surface area (Å²) >= 11 is 0. The fraction of sp³-hybridized carbons (Fsp3) is 0.857. The highest BCUT2D eigenvalue weighted by Crippen LogP contribution is 2.88. The standard InChI is InChI=1S/C49H82O2/c1-9-11-12-13-14-15-16-17-18-19-20-21-22-23-24-25-45(50)51-43-31-33-48-36-49(48)35-34-46(7)41(38(5)26-27-40(10-2)37(3)4)30-32-47(46,8)44(49)29-28-42(48)39(43)6/h14-15,17-18,38-44H,3,9-13,16,19-36H2,1-2,4-8H3. The molecule has 0 saturated heterocycles. The van der Waals surface area contributed by atoms with Gasteiger partial charge in [-0.05, 0) is 180 Å². The zero-order valence-corrected chi connectivity index (χ0v) is 34.8. The summed E-state index contributed by atoms with van der Waals surface area (Å²) in [6.45, 7) is 21.8. The molecule has 2 heteroatoms. The second-order valence-electron chi connectivity index (χ2n) is 19.6. The quantitative estimate of drug-likeness (QED) is 0.0676. The van der Waals surface area contributed by atoms with Gasteiger partial charge in [0.15, 0.2) is 0 Å². The van der Waals surface area contributed by atoms with Gasteiger partial charge >= 0.3 is 5.97 Å². The molecule has 0 amide bonds. The molecule has 0 aromatic rings. The van der Waals surface area contributed by atoms with Crippen LogP contribution in [0.4, 0.5) is 0 Å². The van der Waals surface area contributed by atoms with Crippen LogP contribution in [0.5, 0.6) is 0 Å². The van der Waals surface area contributed by atoms with Gasteiger partial charge in [0, 0.05) is 6.42 Å². The molecule has 0 radical (unpaired) electrons. The maximum atomic E-state index is 13.0. The van der Waals surface area contributed by atoms with Gasteiger partial charge in [-0.3, -0.25) is 4.79 Å². The summed E-state index contributed by atoms with van der Waals surface area (Å²) in [5.74, 6) is 4.65. The molecule has 5 saturated carbocycles. The molecule has 0 N–H and O–H groups in total. The Morgan fingerprint density at radius 2 is 1.51 bits per heavy atom. The Labute approximate surface area is 316 Å². The molecular weight excluding hydrogens is 621 g/mol. The molecule has 2 spiro atoms. The van der Waals surface area contributed by atoms with Gasteiger partial charge in [0.25, 0.3) is 0 Å². The van der Waals surface area contributed by atoms with Gasteiger partial charge in [-0.2, -0.15) is 0 Å². The summed E-state index contributed by atoms with van der Waals surface area (Å²) in [6, 6.07) is 0. The highest BCUT2D eigenvalue weighted by atomic mass is 16.5. The largest absolute Gasteiger partial charge is 0.462 e. The molecule has 0 aliphatic heterocycles. The van der Waals surface area contributed by atoms with E-state index in [0.29, 0.717) is 39.9 Å². The number of unbranched alkanes of at least 4 members (excludes halogenated alkanes) is 8. The molecule has 5 fully saturated rings. The van der Waals surface area contributed by atoms with Gasteiger partial charge in [-0.15, -0.1) is 0 Å². The summed E-state index contributed by atoms with van der Waals surface area (Å²) < 4.78 is 6.32. The lowest BCUT2D eigenvalue weighted by molar-refractivity contribution is -0.167. The van der Waals surface area contributed by atoms with Crippen LogP contribution in [0, 0.1) is 57.2 Å². The Balaban J connectivity index is 1.03. The van der Waals surface area contributed by atoms with E-state index in [1.165, 1.54) is 128 Å². The third-order valence-corrected chi connectivity index (χ3v) is 17.2. The lowest BCUT2D eigenvalue weighted by Crippen LogP contribution is -2.56. The van der Waals surface area contributed by atoms with E-state index in [1.54, 1.807) is 0 Å². The van der Waals surface area contributed by atoms with E-state index >= 15 is 0 Å². The third-order valence-electron chi connectivity index (χ3n) is 17.2. The Bertz CT molecular complexity index is 1200. The minimum atomic E-state index is 0.0771. The zero-order chi connectivity index (χ0) is 36.7. The van der Waals surface area contributed by atoms with Gasteiger partial charge in [0.1, 0.15) is 6.10 Å². The monoisotopic (exact) mass is 703 g/mol. The first-order chi connectivity index (χ1) is 24.5. The molecule has 2 nitrogen and oxygen atoms in total. The summed E-state index contributed by atoms with van der Waals surface area (Å²) in [6.07, 6.45) is 39.9. The van der Waals surface area contributed by atoms with Crippen molar-refractivity contribution in [2.75, 3.05) is 0 Å². The molecule has 5 aliphatic rings. The summed E-state index contributed by atoms with van der Waals surface area (Å²) in [7, 11) is 0. The fourth-order valence-electron chi connectivity index (χ4n) is 13.9. The van der Waals surface area contributed by atoms with Crippen LogP contribution in [-0.2, 0) is 9.53 Å². The van der Waals surface area contributed by atoms with Crippen LogP contribution in [0.2, 0.25) is 0 Å². The number of hydrogen-bond donors (Lipinski definition) is 0. The number of carbonyl (C=O) groups excluding carboxylic acids is 1. The number of ether oxygens (including phenoxy) is 1. The molecule has 0 heterocycles. The van der Waals surface area contributed by atoms with Gasteiger partial charge in [-0.25, -0.2) is 0 Å². The van der Waals surface area contributed by atoms with E-state index in [2.05, 4.69) is 79.3 Å². The number of hydrogen-bond acceptors (Lipinski definition) is 2. The lowest BCUT2D eigenvalue weighted by atomic mass is 9.43. The van der Waals surface area contributed by atoms with Crippen molar-refractivity contribution in [1.82, 2.24) is 0 Å². The first-order valence-corrected chi connectivity index (χ1v) is 22.6. The molecule has 11 unspecified atom stereocenters. The molecule has 0 aromatic heterocycles. The van der Waals surface area contributed by atoms with E-state index in [-0.39, 0.29) is 12.1 Å². The molecule has 51 heavy (non-hydrogen) atoms. The molecule has 0 aromatic carbocycles. The highest BCUT2D eigenvalue weighted by Gasteiger charge is 2.81. The van der Waals surface area contributed by atoms with Crippen LogP contribution < -0.4 is 0 Å². The summed E-state index contributed by atoms with van der Waals surface area (Å²) in [4.78, 5) is 13.0. The summed E-state index contributed by atoms with van der Waals surface area (Å²) in [5, 5.41) is 0.